The topological polar surface area (TPSA) is 208 Å². The molecule has 4 atom stereocenters. The van der Waals surface area contributed by atoms with Crippen molar-refractivity contribution in [2.75, 3.05) is 6.54 Å². The van der Waals surface area contributed by atoms with E-state index in [4.69, 9.17) is 15.9 Å². The first-order valence-corrected chi connectivity index (χ1v) is 9.68. The molecule has 0 aliphatic carbocycles. The highest BCUT2D eigenvalue weighted by Gasteiger charge is 2.39. The largest absolute Gasteiger partial charge is 0.481 e. The average Bonchev–Trinajstić information content (AvgIpc) is 3.37. The van der Waals surface area contributed by atoms with E-state index in [1.807, 2.05) is 0 Å². The van der Waals surface area contributed by atoms with Crippen LogP contribution in [0.15, 0.2) is 12.5 Å². The maximum absolute atomic E-state index is 13.2. The summed E-state index contributed by atoms with van der Waals surface area (Å²) in [5.41, 5.74) is 6.16. The van der Waals surface area contributed by atoms with E-state index in [9.17, 15) is 24.0 Å². The Morgan fingerprint density at radius 1 is 1.26 bits per heavy atom. The summed E-state index contributed by atoms with van der Waals surface area (Å²) in [6, 6.07) is -4.50. The summed E-state index contributed by atoms with van der Waals surface area (Å²) < 4.78 is 0. The number of carbonyl (C=O) groups is 5. The van der Waals surface area contributed by atoms with Gasteiger partial charge in [0.1, 0.15) is 18.1 Å². The van der Waals surface area contributed by atoms with Gasteiger partial charge in [-0.05, 0) is 19.8 Å². The maximum atomic E-state index is 13.2. The van der Waals surface area contributed by atoms with Gasteiger partial charge in [0.05, 0.1) is 18.8 Å². The fourth-order valence-corrected chi connectivity index (χ4v) is 3.27. The highest BCUT2D eigenvalue weighted by molar-refractivity contribution is 5.95. The van der Waals surface area contributed by atoms with Gasteiger partial charge in [-0.2, -0.15) is 0 Å². The zero-order valence-corrected chi connectivity index (χ0v) is 16.9. The number of nitrogens with zero attached hydrogens (tertiary/aromatic N) is 2. The summed E-state index contributed by atoms with van der Waals surface area (Å²) in [4.78, 5) is 68.0. The van der Waals surface area contributed by atoms with Gasteiger partial charge in [-0.25, -0.2) is 9.78 Å². The summed E-state index contributed by atoms with van der Waals surface area (Å²) in [5.74, 6) is -4.73. The molecule has 0 saturated carbocycles. The van der Waals surface area contributed by atoms with E-state index in [0.717, 1.165) is 0 Å². The molecule has 170 valence electrons. The molecule has 0 radical (unpaired) electrons. The van der Waals surface area contributed by atoms with Gasteiger partial charge in [0.2, 0.25) is 17.7 Å². The van der Waals surface area contributed by atoms with Crippen LogP contribution in [0.25, 0.3) is 0 Å². The first kappa shape index (κ1) is 23.8. The molecule has 2 heterocycles. The van der Waals surface area contributed by atoms with Gasteiger partial charge in [0, 0.05) is 24.9 Å². The Morgan fingerprint density at radius 2 is 1.97 bits per heavy atom. The predicted molar refractivity (Wildman–Crippen MR) is 104 cm³/mol. The van der Waals surface area contributed by atoms with Crippen LogP contribution >= 0.6 is 0 Å². The molecule has 3 amide bonds. The Kier molecular flexibility index (Phi) is 8.07. The number of hydrogen-bond donors (Lipinski definition) is 6. The first-order chi connectivity index (χ1) is 14.6. The van der Waals surface area contributed by atoms with Crippen LogP contribution in [0.4, 0.5) is 0 Å². The molecule has 2 rings (SSSR count). The summed E-state index contributed by atoms with van der Waals surface area (Å²) in [6.07, 6.45) is 2.96. The third-order valence-electron chi connectivity index (χ3n) is 4.84. The maximum Gasteiger partial charge on any atom is 0.326 e. The molecule has 1 aliphatic heterocycles. The molecule has 31 heavy (non-hydrogen) atoms. The molecule has 13 nitrogen and oxygen atoms in total. The Labute approximate surface area is 177 Å². The third-order valence-corrected chi connectivity index (χ3v) is 4.84. The van der Waals surface area contributed by atoms with E-state index in [1.54, 1.807) is 0 Å². The second kappa shape index (κ2) is 10.5. The average molecular weight is 438 g/mol. The minimum atomic E-state index is -1.62. The number of aromatic amines is 1. The Bertz CT molecular complexity index is 825. The lowest BCUT2D eigenvalue weighted by atomic mass is 10.1. The summed E-state index contributed by atoms with van der Waals surface area (Å²) >= 11 is 0. The van der Waals surface area contributed by atoms with Gasteiger partial charge in [0.25, 0.3) is 0 Å². The summed E-state index contributed by atoms with van der Waals surface area (Å²) in [7, 11) is 0. The van der Waals surface area contributed by atoms with E-state index in [1.165, 1.54) is 24.3 Å². The van der Waals surface area contributed by atoms with E-state index >= 15 is 0 Å². The minimum absolute atomic E-state index is 0.0822. The van der Waals surface area contributed by atoms with Crippen LogP contribution in [-0.2, 0) is 30.4 Å². The van der Waals surface area contributed by atoms with Crippen LogP contribution in [-0.4, -0.2) is 85.5 Å². The lowest BCUT2D eigenvalue weighted by Crippen LogP contribution is -2.57. The second-order valence-corrected chi connectivity index (χ2v) is 7.32. The number of H-pyrrole nitrogens is 1. The quantitative estimate of drug-likeness (QED) is 0.234. The number of carboxylic acids is 2. The number of nitrogens with two attached hydrogens (primary N) is 1. The van der Waals surface area contributed by atoms with Crippen molar-refractivity contribution >= 4 is 29.7 Å². The Morgan fingerprint density at radius 3 is 2.52 bits per heavy atom. The van der Waals surface area contributed by atoms with Gasteiger partial charge < -0.3 is 36.5 Å². The number of nitrogens with one attached hydrogen (secondary N) is 3. The predicted octanol–water partition coefficient (Wildman–Crippen LogP) is -2.18. The van der Waals surface area contributed by atoms with Crippen LogP contribution in [0.3, 0.4) is 0 Å². The molecule has 0 bridgehead atoms. The van der Waals surface area contributed by atoms with Gasteiger partial charge in [-0.1, -0.05) is 0 Å². The highest BCUT2D eigenvalue weighted by atomic mass is 16.4. The van der Waals surface area contributed by atoms with Crippen LogP contribution in [0.1, 0.15) is 31.9 Å². The fraction of sp³-hybridized carbons (Fsp3) is 0.556. The van der Waals surface area contributed by atoms with Crippen LogP contribution < -0.4 is 16.4 Å². The number of carboxylic acid groups (broad SMARTS) is 2. The monoisotopic (exact) mass is 438 g/mol. The van der Waals surface area contributed by atoms with Crippen LogP contribution in [0, 0.1) is 0 Å². The van der Waals surface area contributed by atoms with E-state index in [-0.39, 0.29) is 19.4 Å². The van der Waals surface area contributed by atoms with Crippen molar-refractivity contribution in [2.45, 2.75) is 56.8 Å². The molecular formula is C18H26N6O7. The molecule has 1 saturated heterocycles. The number of aliphatic carboxylic acids is 2. The van der Waals surface area contributed by atoms with Crippen molar-refractivity contribution in [3.63, 3.8) is 0 Å². The van der Waals surface area contributed by atoms with E-state index < -0.39 is 60.2 Å². The fourth-order valence-electron chi connectivity index (χ4n) is 3.27. The Balaban J connectivity index is 2.16. The number of aromatic nitrogens is 2. The number of carbonyl (C=O) groups excluding carboxylic acids is 3. The smallest absolute Gasteiger partial charge is 0.326 e. The molecule has 1 aliphatic rings. The number of hydrogen-bond acceptors (Lipinski definition) is 7. The van der Waals surface area contributed by atoms with Crippen molar-refractivity contribution in [1.29, 1.82) is 0 Å². The zero-order valence-electron chi connectivity index (χ0n) is 16.9. The molecule has 1 fully saturated rings. The summed E-state index contributed by atoms with van der Waals surface area (Å²) in [5, 5.41) is 22.7. The number of rotatable bonds is 10. The van der Waals surface area contributed by atoms with E-state index in [0.29, 0.717) is 12.1 Å². The first-order valence-electron chi connectivity index (χ1n) is 9.68. The van der Waals surface area contributed by atoms with Crippen molar-refractivity contribution in [2.24, 2.45) is 5.73 Å². The highest BCUT2D eigenvalue weighted by Crippen LogP contribution is 2.20. The SMILES string of the molecule is CC(N)C(=O)NC(Cc1cnc[nH]1)C(=O)N1CCCC1C(=O)NC(CC(=O)O)C(=O)O. The Hall–Kier alpha value is -3.48. The molecule has 7 N–H and O–H groups in total. The molecule has 0 aromatic carbocycles. The molecular weight excluding hydrogens is 412 g/mol. The van der Waals surface area contributed by atoms with Gasteiger partial charge in [-0.15, -0.1) is 0 Å². The standard InChI is InChI=1S/C18H26N6O7/c1-9(19)15(27)22-11(5-10-7-20-8-21-10)17(29)24-4-2-3-13(24)16(28)23-12(18(30)31)6-14(25)26/h7-9,11-13H,2-6,19H2,1H3,(H,20,21)(H,22,27)(H,23,28)(H,25,26)(H,30,31). The van der Waals surface area contributed by atoms with E-state index in [2.05, 4.69) is 20.6 Å². The van der Waals surface area contributed by atoms with Crippen LogP contribution in [0.2, 0.25) is 0 Å². The number of amides is 3. The molecule has 1 aromatic heterocycles. The molecule has 13 heteroatoms. The number of imidazole rings is 1. The lowest BCUT2D eigenvalue weighted by Gasteiger charge is -2.29. The third kappa shape index (κ3) is 6.50. The van der Waals surface area contributed by atoms with Gasteiger partial charge in [-0.3, -0.25) is 19.2 Å². The summed E-state index contributed by atoms with van der Waals surface area (Å²) in [6.45, 7) is 1.69. The normalized spacial score (nSPS) is 18.6. The second-order valence-electron chi connectivity index (χ2n) is 7.32. The van der Waals surface area contributed by atoms with Crippen molar-refractivity contribution in [3.8, 4) is 0 Å². The molecule has 1 aromatic rings. The lowest BCUT2D eigenvalue weighted by molar-refractivity contribution is -0.148. The van der Waals surface area contributed by atoms with Crippen molar-refractivity contribution in [1.82, 2.24) is 25.5 Å². The molecule has 4 unspecified atom stereocenters. The van der Waals surface area contributed by atoms with Gasteiger partial charge >= 0.3 is 11.9 Å². The van der Waals surface area contributed by atoms with Crippen LogP contribution in [0.5, 0.6) is 0 Å². The molecule has 0 spiro atoms. The minimum Gasteiger partial charge on any atom is -0.481 e. The zero-order chi connectivity index (χ0) is 23.1. The van der Waals surface area contributed by atoms with Crippen molar-refractivity contribution < 1.29 is 34.2 Å². The van der Waals surface area contributed by atoms with Gasteiger partial charge in [0.15, 0.2) is 0 Å². The number of likely N-dealkylation sites (tertiary alicyclic amines) is 1. The van der Waals surface area contributed by atoms with Crippen molar-refractivity contribution in [3.05, 3.63) is 18.2 Å².